The van der Waals surface area contributed by atoms with Crippen LogP contribution in [0, 0.1) is 11.3 Å². The Labute approximate surface area is 84.4 Å². The SMILES string of the molecule is C=CC(=O)OC1(C#N)CCCCCC1. The highest BCUT2D eigenvalue weighted by atomic mass is 16.6. The van der Waals surface area contributed by atoms with Gasteiger partial charge in [0.1, 0.15) is 6.07 Å². The summed E-state index contributed by atoms with van der Waals surface area (Å²) >= 11 is 0. The highest BCUT2D eigenvalue weighted by Gasteiger charge is 2.34. The third-order valence-electron chi connectivity index (χ3n) is 2.58. The number of carbonyl (C=O) groups is 1. The van der Waals surface area contributed by atoms with Crippen molar-refractivity contribution in [3.8, 4) is 6.07 Å². The van der Waals surface area contributed by atoms with Crippen LogP contribution in [0.1, 0.15) is 38.5 Å². The molecular weight excluding hydrogens is 178 g/mol. The van der Waals surface area contributed by atoms with Crippen molar-refractivity contribution in [2.24, 2.45) is 0 Å². The molecule has 0 radical (unpaired) electrons. The van der Waals surface area contributed by atoms with Crippen molar-refractivity contribution >= 4 is 5.97 Å². The molecule has 0 saturated heterocycles. The van der Waals surface area contributed by atoms with Crippen molar-refractivity contribution < 1.29 is 9.53 Å². The lowest BCUT2D eigenvalue weighted by atomic mass is 9.96. The summed E-state index contributed by atoms with van der Waals surface area (Å²) in [5.74, 6) is -0.492. The lowest BCUT2D eigenvalue weighted by molar-refractivity contribution is -0.149. The molecule has 0 bridgehead atoms. The van der Waals surface area contributed by atoms with Crippen LogP contribution in [0.2, 0.25) is 0 Å². The molecule has 0 aromatic rings. The average molecular weight is 193 g/mol. The first-order valence-corrected chi connectivity index (χ1v) is 4.99. The van der Waals surface area contributed by atoms with E-state index >= 15 is 0 Å². The van der Waals surface area contributed by atoms with Crippen LogP contribution >= 0.6 is 0 Å². The smallest absolute Gasteiger partial charge is 0.331 e. The van der Waals surface area contributed by atoms with Gasteiger partial charge in [-0.15, -0.1) is 0 Å². The fourth-order valence-electron chi connectivity index (χ4n) is 1.77. The van der Waals surface area contributed by atoms with Gasteiger partial charge in [-0.25, -0.2) is 4.79 Å². The van der Waals surface area contributed by atoms with Gasteiger partial charge in [0.15, 0.2) is 5.60 Å². The van der Waals surface area contributed by atoms with Gasteiger partial charge >= 0.3 is 5.97 Å². The molecule has 1 fully saturated rings. The standard InChI is InChI=1S/C11H15NO2/c1-2-10(13)14-11(9-12)7-5-3-4-6-8-11/h2H,1,3-8H2. The predicted molar refractivity (Wildman–Crippen MR) is 52.3 cm³/mol. The molecule has 0 aliphatic heterocycles. The minimum atomic E-state index is -0.887. The fourth-order valence-corrected chi connectivity index (χ4v) is 1.77. The van der Waals surface area contributed by atoms with E-state index in [0.29, 0.717) is 12.8 Å². The lowest BCUT2D eigenvalue weighted by Gasteiger charge is -2.24. The number of rotatable bonds is 2. The first-order chi connectivity index (χ1) is 6.72. The van der Waals surface area contributed by atoms with E-state index in [1.54, 1.807) is 0 Å². The van der Waals surface area contributed by atoms with Crippen molar-refractivity contribution in [1.82, 2.24) is 0 Å². The quantitative estimate of drug-likeness (QED) is 0.384. The van der Waals surface area contributed by atoms with Crippen LogP contribution in [-0.2, 0) is 9.53 Å². The first kappa shape index (κ1) is 10.8. The summed E-state index contributed by atoms with van der Waals surface area (Å²) in [4.78, 5) is 11.1. The van der Waals surface area contributed by atoms with Crippen LogP contribution in [-0.4, -0.2) is 11.6 Å². The van der Waals surface area contributed by atoms with Crippen LogP contribution in [0.3, 0.4) is 0 Å². The van der Waals surface area contributed by atoms with Gasteiger partial charge in [0.05, 0.1) is 0 Å². The molecule has 0 amide bonds. The summed E-state index contributed by atoms with van der Waals surface area (Å²) in [6.07, 6.45) is 6.58. The van der Waals surface area contributed by atoms with Crippen molar-refractivity contribution in [3.63, 3.8) is 0 Å². The normalized spacial score (nSPS) is 20.2. The summed E-state index contributed by atoms with van der Waals surface area (Å²) in [5.41, 5.74) is -0.887. The Morgan fingerprint density at radius 1 is 1.36 bits per heavy atom. The summed E-state index contributed by atoms with van der Waals surface area (Å²) in [6, 6.07) is 2.13. The Kier molecular flexibility index (Phi) is 3.70. The summed E-state index contributed by atoms with van der Waals surface area (Å²) < 4.78 is 5.14. The molecule has 0 heterocycles. The van der Waals surface area contributed by atoms with Gasteiger partial charge in [-0.3, -0.25) is 0 Å². The Hall–Kier alpha value is -1.30. The number of ether oxygens (including phenoxy) is 1. The number of carbonyl (C=O) groups excluding carboxylic acids is 1. The summed E-state index contributed by atoms with van der Waals surface area (Å²) in [5, 5.41) is 9.05. The van der Waals surface area contributed by atoms with E-state index in [-0.39, 0.29) is 0 Å². The molecule has 0 atom stereocenters. The van der Waals surface area contributed by atoms with Gasteiger partial charge < -0.3 is 4.74 Å². The van der Waals surface area contributed by atoms with E-state index in [0.717, 1.165) is 31.8 Å². The lowest BCUT2D eigenvalue weighted by Crippen LogP contribution is -2.32. The monoisotopic (exact) mass is 193 g/mol. The molecule has 1 aliphatic rings. The molecule has 0 unspecified atom stereocenters. The van der Waals surface area contributed by atoms with Crippen molar-refractivity contribution in [1.29, 1.82) is 5.26 Å². The molecule has 76 valence electrons. The summed E-state index contributed by atoms with van der Waals surface area (Å²) in [7, 11) is 0. The molecule has 1 saturated carbocycles. The zero-order valence-electron chi connectivity index (χ0n) is 8.29. The zero-order valence-corrected chi connectivity index (χ0v) is 8.29. The zero-order chi connectivity index (χ0) is 10.4. The Morgan fingerprint density at radius 2 is 1.93 bits per heavy atom. The van der Waals surface area contributed by atoms with Gasteiger partial charge in [-0.2, -0.15) is 5.26 Å². The topological polar surface area (TPSA) is 50.1 Å². The van der Waals surface area contributed by atoms with E-state index in [9.17, 15) is 4.79 Å². The van der Waals surface area contributed by atoms with Gasteiger partial charge in [-0.05, 0) is 12.8 Å². The second-order valence-corrected chi connectivity index (χ2v) is 3.65. The second kappa shape index (κ2) is 4.80. The van der Waals surface area contributed by atoms with Crippen LogP contribution in [0.4, 0.5) is 0 Å². The average Bonchev–Trinajstić information content (AvgIpc) is 2.44. The van der Waals surface area contributed by atoms with Crippen molar-refractivity contribution in [3.05, 3.63) is 12.7 Å². The Bertz CT molecular complexity index is 257. The molecule has 0 aromatic carbocycles. The Morgan fingerprint density at radius 3 is 2.36 bits per heavy atom. The number of hydrogen-bond acceptors (Lipinski definition) is 3. The highest BCUT2D eigenvalue weighted by molar-refractivity contribution is 5.81. The third-order valence-corrected chi connectivity index (χ3v) is 2.58. The number of esters is 1. The van der Waals surface area contributed by atoms with Gasteiger partial charge in [0.2, 0.25) is 0 Å². The maximum Gasteiger partial charge on any atom is 0.331 e. The van der Waals surface area contributed by atoms with Crippen LogP contribution < -0.4 is 0 Å². The van der Waals surface area contributed by atoms with Gasteiger partial charge in [-0.1, -0.05) is 19.4 Å². The molecule has 0 N–H and O–H groups in total. The molecule has 1 rings (SSSR count). The van der Waals surface area contributed by atoms with Crippen LogP contribution in [0.15, 0.2) is 12.7 Å². The number of nitrogens with zero attached hydrogens (tertiary/aromatic N) is 1. The van der Waals surface area contributed by atoms with Crippen molar-refractivity contribution in [2.75, 3.05) is 0 Å². The van der Waals surface area contributed by atoms with E-state index in [1.165, 1.54) is 0 Å². The number of hydrogen-bond donors (Lipinski definition) is 0. The fraction of sp³-hybridized carbons (Fsp3) is 0.636. The maximum absolute atomic E-state index is 11.1. The largest absolute Gasteiger partial charge is 0.440 e. The molecule has 0 aromatic heterocycles. The molecule has 3 heteroatoms. The van der Waals surface area contributed by atoms with Crippen molar-refractivity contribution in [2.45, 2.75) is 44.1 Å². The molecule has 3 nitrogen and oxygen atoms in total. The van der Waals surface area contributed by atoms with Crippen LogP contribution in [0.5, 0.6) is 0 Å². The molecule has 0 spiro atoms. The maximum atomic E-state index is 11.1. The second-order valence-electron chi connectivity index (χ2n) is 3.65. The van der Waals surface area contributed by atoms with E-state index < -0.39 is 11.6 Å². The van der Waals surface area contributed by atoms with Crippen LogP contribution in [0.25, 0.3) is 0 Å². The third kappa shape index (κ3) is 2.59. The highest BCUT2D eigenvalue weighted by Crippen LogP contribution is 2.30. The minimum absolute atomic E-state index is 0.492. The number of nitriles is 1. The van der Waals surface area contributed by atoms with Gasteiger partial charge in [0, 0.05) is 18.9 Å². The predicted octanol–water partition coefficient (Wildman–Crippen LogP) is 2.33. The molecule has 14 heavy (non-hydrogen) atoms. The molecule has 1 aliphatic carbocycles. The Balaban J connectivity index is 2.68. The minimum Gasteiger partial charge on any atom is -0.440 e. The first-order valence-electron chi connectivity index (χ1n) is 4.99. The molecular formula is C11H15NO2. The van der Waals surface area contributed by atoms with E-state index in [4.69, 9.17) is 10.00 Å². The summed E-state index contributed by atoms with van der Waals surface area (Å²) in [6.45, 7) is 3.33. The van der Waals surface area contributed by atoms with Gasteiger partial charge in [0.25, 0.3) is 0 Å². The van der Waals surface area contributed by atoms with E-state index in [1.807, 2.05) is 0 Å². The van der Waals surface area contributed by atoms with E-state index in [2.05, 4.69) is 12.6 Å².